The van der Waals surface area contributed by atoms with Gasteiger partial charge in [-0.3, -0.25) is 0 Å². The van der Waals surface area contributed by atoms with E-state index in [1.54, 1.807) is 11.0 Å². The third-order valence-electron chi connectivity index (χ3n) is 3.72. The van der Waals surface area contributed by atoms with Crippen LogP contribution in [0.15, 0.2) is 41.5 Å². The Morgan fingerprint density at radius 2 is 1.95 bits per heavy atom. The maximum atomic E-state index is 4.74. The van der Waals surface area contributed by atoms with Gasteiger partial charge < -0.3 is 10.2 Å². The molecule has 1 aromatic heterocycles. The van der Waals surface area contributed by atoms with Gasteiger partial charge in [-0.2, -0.15) is 15.0 Å². The Hall–Kier alpha value is -2.37. The maximum Gasteiger partial charge on any atom is 0.198 e. The molecule has 0 atom stereocenters. The van der Waals surface area contributed by atoms with Gasteiger partial charge in [0, 0.05) is 25.8 Å². The van der Waals surface area contributed by atoms with Crippen LogP contribution in [0.1, 0.15) is 25.0 Å². The quantitative estimate of drug-likeness (QED) is 0.697. The van der Waals surface area contributed by atoms with E-state index in [1.165, 1.54) is 19.3 Å². The summed E-state index contributed by atoms with van der Waals surface area (Å²) < 4.78 is 0. The fourth-order valence-electron chi connectivity index (χ4n) is 2.59. The van der Waals surface area contributed by atoms with E-state index in [4.69, 9.17) is 4.99 Å². The van der Waals surface area contributed by atoms with Crippen LogP contribution in [-0.4, -0.2) is 38.9 Å². The number of likely N-dealkylation sites (tertiary alicyclic amines) is 1. The highest BCUT2D eigenvalue weighted by atomic mass is 15.4. The Morgan fingerprint density at radius 3 is 2.64 bits per heavy atom. The summed E-state index contributed by atoms with van der Waals surface area (Å²) in [7, 11) is 1.82. The van der Waals surface area contributed by atoms with E-state index in [2.05, 4.69) is 32.5 Å². The van der Waals surface area contributed by atoms with Crippen molar-refractivity contribution in [1.29, 1.82) is 0 Å². The third-order valence-corrected chi connectivity index (χ3v) is 3.72. The van der Waals surface area contributed by atoms with Crippen molar-refractivity contribution < 1.29 is 0 Å². The lowest BCUT2D eigenvalue weighted by Gasteiger charge is -2.30. The first-order valence-corrected chi connectivity index (χ1v) is 7.78. The molecule has 0 aliphatic carbocycles. The van der Waals surface area contributed by atoms with Gasteiger partial charge in [0.25, 0.3) is 0 Å². The van der Waals surface area contributed by atoms with Crippen LogP contribution in [0.4, 0.5) is 5.69 Å². The second-order valence-corrected chi connectivity index (χ2v) is 5.50. The molecule has 1 saturated heterocycles. The van der Waals surface area contributed by atoms with Crippen molar-refractivity contribution in [2.45, 2.75) is 25.8 Å². The summed E-state index contributed by atoms with van der Waals surface area (Å²) in [6.45, 7) is 2.65. The van der Waals surface area contributed by atoms with Crippen molar-refractivity contribution >= 4 is 11.6 Å². The number of hydrogen-bond acceptors (Lipinski definition) is 3. The summed E-state index contributed by atoms with van der Waals surface area (Å²) in [5.74, 6) is 0.927. The van der Waals surface area contributed by atoms with Gasteiger partial charge in [-0.05, 0) is 31.4 Å². The molecule has 0 amide bonds. The van der Waals surface area contributed by atoms with E-state index in [0.717, 1.165) is 30.4 Å². The lowest BCUT2D eigenvalue weighted by molar-refractivity contribution is 0.340. The van der Waals surface area contributed by atoms with Gasteiger partial charge in [0.05, 0.1) is 12.7 Å². The largest absolute Gasteiger partial charge is 0.343 e. The summed E-state index contributed by atoms with van der Waals surface area (Å²) >= 11 is 0. The first-order valence-electron chi connectivity index (χ1n) is 7.78. The monoisotopic (exact) mass is 298 g/mol. The maximum absolute atomic E-state index is 4.74. The molecule has 1 N–H and O–H groups in total. The van der Waals surface area contributed by atoms with Crippen LogP contribution in [-0.2, 0) is 13.6 Å². The molecule has 0 spiro atoms. The third kappa shape index (κ3) is 3.84. The topological polar surface area (TPSA) is 58.3 Å². The number of aryl methyl sites for hydroxylation is 1. The number of aromatic nitrogens is 3. The standard InChI is InChI=1S/C16H22N6/c1-21-18-13-15(20-21)12-17-16(22-10-6-3-7-11-22)19-14-8-4-2-5-9-14/h2,4-5,8-9,13H,3,6-7,10-12H2,1H3,(H,17,19). The highest BCUT2D eigenvalue weighted by Gasteiger charge is 2.15. The molecule has 0 unspecified atom stereocenters. The highest BCUT2D eigenvalue weighted by molar-refractivity contribution is 5.93. The van der Waals surface area contributed by atoms with E-state index in [-0.39, 0.29) is 0 Å². The first-order chi connectivity index (χ1) is 10.8. The molecule has 1 aliphatic rings. The summed E-state index contributed by atoms with van der Waals surface area (Å²) in [5.41, 5.74) is 1.94. The Kier molecular flexibility index (Phi) is 4.68. The molecule has 6 heteroatoms. The molecule has 2 heterocycles. The molecule has 2 aromatic rings. The fraction of sp³-hybridized carbons (Fsp3) is 0.438. The summed E-state index contributed by atoms with van der Waals surface area (Å²) in [4.78, 5) is 8.63. The normalized spacial score (nSPS) is 15.9. The fourth-order valence-corrected chi connectivity index (χ4v) is 2.59. The van der Waals surface area contributed by atoms with Crippen LogP contribution >= 0.6 is 0 Å². The molecule has 0 radical (unpaired) electrons. The SMILES string of the molecule is Cn1ncc(CN=C(Nc2ccccc2)N2CCCCC2)n1. The number of benzene rings is 1. The first kappa shape index (κ1) is 14.6. The zero-order valence-electron chi connectivity index (χ0n) is 12.9. The number of nitrogens with one attached hydrogen (secondary N) is 1. The Morgan fingerprint density at radius 1 is 1.18 bits per heavy atom. The van der Waals surface area contributed by atoms with Gasteiger partial charge >= 0.3 is 0 Å². The van der Waals surface area contributed by atoms with Crippen LogP contribution < -0.4 is 5.32 Å². The number of hydrogen-bond donors (Lipinski definition) is 1. The molecular formula is C16H22N6. The molecule has 6 nitrogen and oxygen atoms in total. The molecular weight excluding hydrogens is 276 g/mol. The van der Waals surface area contributed by atoms with Crippen molar-refractivity contribution in [3.8, 4) is 0 Å². The van der Waals surface area contributed by atoms with Gasteiger partial charge in [-0.1, -0.05) is 18.2 Å². The van der Waals surface area contributed by atoms with E-state index in [9.17, 15) is 0 Å². The average molecular weight is 298 g/mol. The predicted molar refractivity (Wildman–Crippen MR) is 87.6 cm³/mol. The lowest BCUT2D eigenvalue weighted by Crippen LogP contribution is -2.40. The van der Waals surface area contributed by atoms with Crippen LogP contribution in [0.5, 0.6) is 0 Å². The van der Waals surface area contributed by atoms with Crippen LogP contribution in [0, 0.1) is 0 Å². The highest BCUT2D eigenvalue weighted by Crippen LogP contribution is 2.13. The summed E-state index contributed by atoms with van der Waals surface area (Å²) in [6, 6.07) is 10.2. The van der Waals surface area contributed by atoms with Gasteiger partial charge in [0.15, 0.2) is 5.96 Å². The van der Waals surface area contributed by atoms with Gasteiger partial charge in [0.2, 0.25) is 0 Å². The number of anilines is 1. The van der Waals surface area contributed by atoms with Crippen LogP contribution in [0.2, 0.25) is 0 Å². The van der Waals surface area contributed by atoms with Crippen LogP contribution in [0.25, 0.3) is 0 Å². The number of rotatable bonds is 3. The van der Waals surface area contributed by atoms with E-state index in [1.807, 2.05) is 25.2 Å². The van der Waals surface area contributed by atoms with Crippen LogP contribution in [0.3, 0.4) is 0 Å². The summed E-state index contributed by atoms with van der Waals surface area (Å²) in [5, 5.41) is 11.8. The van der Waals surface area contributed by atoms with E-state index < -0.39 is 0 Å². The van der Waals surface area contributed by atoms with E-state index in [0.29, 0.717) is 6.54 Å². The second-order valence-electron chi connectivity index (χ2n) is 5.50. The number of aliphatic imine (C=N–C) groups is 1. The predicted octanol–water partition coefficient (Wildman–Crippen LogP) is 2.27. The van der Waals surface area contributed by atoms with Crippen molar-refractivity contribution in [3.63, 3.8) is 0 Å². The Labute approximate surface area is 130 Å². The Balaban J connectivity index is 1.75. The van der Waals surface area contributed by atoms with Crippen molar-refractivity contribution in [3.05, 3.63) is 42.2 Å². The molecule has 116 valence electrons. The second kappa shape index (κ2) is 7.06. The smallest absolute Gasteiger partial charge is 0.198 e. The average Bonchev–Trinajstić information content (AvgIpc) is 2.99. The number of para-hydroxylation sites is 1. The van der Waals surface area contributed by atoms with Crippen molar-refractivity contribution in [2.75, 3.05) is 18.4 Å². The number of piperidine rings is 1. The minimum Gasteiger partial charge on any atom is -0.343 e. The number of nitrogens with zero attached hydrogens (tertiary/aromatic N) is 5. The minimum absolute atomic E-state index is 0.541. The zero-order valence-corrected chi connectivity index (χ0v) is 12.9. The molecule has 1 aliphatic heterocycles. The molecule has 1 fully saturated rings. The van der Waals surface area contributed by atoms with E-state index >= 15 is 0 Å². The van der Waals surface area contributed by atoms with Gasteiger partial charge in [-0.15, -0.1) is 0 Å². The minimum atomic E-state index is 0.541. The summed E-state index contributed by atoms with van der Waals surface area (Å²) in [6.07, 6.45) is 5.51. The zero-order chi connectivity index (χ0) is 15.2. The molecule has 3 rings (SSSR count). The molecule has 22 heavy (non-hydrogen) atoms. The van der Waals surface area contributed by atoms with Gasteiger partial charge in [-0.25, -0.2) is 4.99 Å². The number of guanidine groups is 1. The van der Waals surface area contributed by atoms with Crippen molar-refractivity contribution in [2.24, 2.45) is 12.0 Å². The lowest BCUT2D eigenvalue weighted by atomic mass is 10.1. The Bertz CT molecular complexity index is 613. The molecule has 1 aromatic carbocycles. The van der Waals surface area contributed by atoms with Crippen molar-refractivity contribution in [1.82, 2.24) is 19.9 Å². The molecule has 0 bridgehead atoms. The molecule has 0 saturated carbocycles. The van der Waals surface area contributed by atoms with Gasteiger partial charge in [0.1, 0.15) is 5.69 Å².